The lowest BCUT2D eigenvalue weighted by Gasteiger charge is -2.30. The number of nitrogens with zero attached hydrogens (tertiary/aromatic N) is 5. The highest BCUT2D eigenvalue weighted by Crippen LogP contribution is 2.26. The van der Waals surface area contributed by atoms with Gasteiger partial charge in [-0.05, 0) is 36.5 Å². The summed E-state index contributed by atoms with van der Waals surface area (Å²) in [7, 11) is 3.95. The third kappa shape index (κ3) is 4.16. The maximum Gasteiger partial charge on any atom is 0.288 e. The van der Waals surface area contributed by atoms with Gasteiger partial charge >= 0.3 is 0 Å². The van der Waals surface area contributed by atoms with E-state index in [1.807, 2.05) is 43.3 Å². The summed E-state index contributed by atoms with van der Waals surface area (Å²) in [6.45, 7) is 4.41. The summed E-state index contributed by atoms with van der Waals surface area (Å²) in [5.74, 6) is 0.156. The van der Waals surface area contributed by atoms with Crippen LogP contribution in [-0.2, 0) is 6.54 Å². The van der Waals surface area contributed by atoms with Crippen LogP contribution in [0.25, 0.3) is 4.96 Å². The number of carbonyl (C=O) groups excluding carboxylic acids is 1. The van der Waals surface area contributed by atoms with E-state index < -0.39 is 11.5 Å². The Hall–Kier alpha value is -2.94. The van der Waals surface area contributed by atoms with Crippen LogP contribution in [0.5, 0.6) is 0 Å². The molecule has 30 heavy (non-hydrogen) atoms. The van der Waals surface area contributed by atoms with E-state index in [0.717, 1.165) is 35.9 Å². The highest BCUT2D eigenvalue weighted by Gasteiger charge is 2.22. The Bertz CT molecular complexity index is 1100. The number of nitrogens with one attached hydrogen (secondary N) is 1. The van der Waals surface area contributed by atoms with E-state index in [2.05, 4.69) is 27.2 Å². The minimum absolute atomic E-state index is 0.00118. The Balaban J connectivity index is 1.50. The number of carbonyl (C=O) groups is 1. The van der Waals surface area contributed by atoms with Crippen molar-refractivity contribution in [3.05, 3.63) is 51.9 Å². The molecule has 8 nitrogen and oxygen atoms in total. The van der Waals surface area contributed by atoms with E-state index in [-0.39, 0.29) is 5.56 Å². The molecule has 0 radical (unpaired) electrons. The van der Waals surface area contributed by atoms with Crippen LogP contribution in [-0.4, -0.2) is 47.7 Å². The normalized spacial score (nSPS) is 16.6. The molecule has 3 aromatic rings. The van der Waals surface area contributed by atoms with Gasteiger partial charge in [0.1, 0.15) is 5.56 Å². The molecule has 1 fully saturated rings. The van der Waals surface area contributed by atoms with Crippen LogP contribution in [0, 0.1) is 5.92 Å². The fraction of sp³-hybridized carbons (Fsp3) is 0.429. The molecule has 0 spiro atoms. The molecule has 158 valence electrons. The zero-order valence-corrected chi connectivity index (χ0v) is 18.3. The number of piperidine rings is 1. The second-order valence-electron chi connectivity index (χ2n) is 7.99. The Labute approximate surface area is 179 Å². The third-order valence-corrected chi connectivity index (χ3v) is 6.34. The minimum atomic E-state index is -0.445. The Kier molecular flexibility index (Phi) is 5.72. The summed E-state index contributed by atoms with van der Waals surface area (Å²) in [5, 5.41) is 8.05. The Morgan fingerprint density at radius 1 is 1.30 bits per heavy atom. The number of benzene rings is 1. The Morgan fingerprint density at radius 3 is 2.77 bits per heavy atom. The van der Waals surface area contributed by atoms with Crippen LogP contribution in [0.15, 0.2) is 35.3 Å². The van der Waals surface area contributed by atoms with Gasteiger partial charge in [-0.1, -0.05) is 30.4 Å². The van der Waals surface area contributed by atoms with Crippen LogP contribution in [0.2, 0.25) is 0 Å². The van der Waals surface area contributed by atoms with Crippen molar-refractivity contribution in [2.75, 3.05) is 37.0 Å². The topological polar surface area (TPSA) is 82.8 Å². The average Bonchev–Trinajstić information content (AvgIpc) is 3.18. The van der Waals surface area contributed by atoms with Crippen LogP contribution >= 0.6 is 11.3 Å². The van der Waals surface area contributed by atoms with Crippen LogP contribution < -0.4 is 20.7 Å². The number of hydrogen-bond donors (Lipinski definition) is 1. The average molecular weight is 427 g/mol. The molecule has 0 saturated carbocycles. The van der Waals surface area contributed by atoms with Gasteiger partial charge in [0.15, 0.2) is 0 Å². The molecule has 1 N–H and O–H groups in total. The molecule has 1 saturated heterocycles. The van der Waals surface area contributed by atoms with Crippen molar-refractivity contribution < 1.29 is 4.79 Å². The van der Waals surface area contributed by atoms with Crippen molar-refractivity contribution in [2.24, 2.45) is 5.92 Å². The maximum absolute atomic E-state index is 12.8. The second kappa shape index (κ2) is 8.43. The maximum atomic E-state index is 12.8. The monoisotopic (exact) mass is 426 g/mol. The summed E-state index contributed by atoms with van der Waals surface area (Å²) < 4.78 is 1.25. The van der Waals surface area contributed by atoms with E-state index >= 15 is 0 Å². The summed E-state index contributed by atoms with van der Waals surface area (Å²) in [4.78, 5) is 34.5. The highest BCUT2D eigenvalue weighted by atomic mass is 32.1. The summed E-state index contributed by atoms with van der Waals surface area (Å²) in [6.07, 6.45) is 3.67. The molecule has 9 heteroatoms. The smallest absolute Gasteiger partial charge is 0.288 e. The largest absolute Gasteiger partial charge is 0.378 e. The van der Waals surface area contributed by atoms with E-state index in [4.69, 9.17) is 0 Å². The molecular weight excluding hydrogens is 400 g/mol. The van der Waals surface area contributed by atoms with Gasteiger partial charge in [0.25, 0.3) is 11.5 Å². The molecule has 2 aromatic heterocycles. The van der Waals surface area contributed by atoms with Gasteiger partial charge in [-0.3, -0.25) is 9.59 Å². The van der Waals surface area contributed by atoms with E-state index in [0.29, 0.717) is 17.4 Å². The minimum Gasteiger partial charge on any atom is -0.378 e. The molecule has 4 rings (SSSR count). The van der Waals surface area contributed by atoms with Crippen molar-refractivity contribution in [2.45, 2.75) is 26.3 Å². The number of hydrogen-bond acceptors (Lipinski definition) is 7. The van der Waals surface area contributed by atoms with Crippen molar-refractivity contribution in [1.82, 2.24) is 19.9 Å². The number of amides is 1. The third-order valence-electron chi connectivity index (χ3n) is 5.35. The Morgan fingerprint density at radius 2 is 2.07 bits per heavy atom. The first-order valence-electron chi connectivity index (χ1n) is 10.1. The first kappa shape index (κ1) is 20.3. The molecule has 0 unspecified atom stereocenters. The fourth-order valence-electron chi connectivity index (χ4n) is 3.61. The fourth-order valence-corrected chi connectivity index (χ4v) is 4.51. The first-order valence-corrected chi connectivity index (χ1v) is 10.9. The standard InChI is InChI=1S/C21H26N6O2S/c1-14-5-4-10-26(13-14)21-24-27-19(29)17(12-23-20(27)30-21)18(28)22-11-15-6-8-16(9-7-15)25(2)3/h6-9,12,14H,4-5,10-11,13H2,1-3H3,(H,22,28)/t14-/m0/s1. The van der Waals surface area contributed by atoms with Crippen LogP contribution in [0.1, 0.15) is 35.7 Å². The zero-order valence-electron chi connectivity index (χ0n) is 17.5. The van der Waals surface area contributed by atoms with E-state index in [1.165, 1.54) is 28.5 Å². The molecule has 3 heterocycles. The van der Waals surface area contributed by atoms with Crippen molar-refractivity contribution in [3.63, 3.8) is 0 Å². The molecule has 0 bridgehead atoms. The second-order valence-corrected chi connectivity index (χ2v) is 8.93. The van der Waals surface area contributed by atoms with Crippen molar-refractivity contribution in [3.8, 4) is 0 Å². The number of anilines is 2. The molecule has 0 aliphatic carbocycles. The SMILES string of the molecule is C[C@H]1CCCN(c2nn3c(=O)c(C(=O)NCc4ccc(N(C)C)cc4)cnc3s2)C1. The lowest BCUT2D eigenvalue weighted by atomic mass is 10.0. The summed E-state index contributed by atoms with van der Waals surface area (Å²) in [5.41, 5.74) is 1.60. The molecule has 1 aliphatic rings. The van der Waals surface area contributed by atoms with Gasteiger partial charge in [0.2, 0.25) is 10.1 Å². The number of fused-ring (bicyclic) bond motifs is 1. The van der Waals surface area contributed by atoms with Gasteiger partial charge in [0.05, 0.1) is 0 Å². The molecule has 1 amide bonds. The van der Waals surface area contributed by atoms with E-state index in [9.17, 15) is 9.59 Å². The summed E-state index contributed by atoms with van der Waals surface area (Å²) >= 11 is 1.39. The lowest BCUT2D eigenvalue weighted by Crippen LogP contribution is -2.34. The molecular formula is C21H26N6O2S. The quantitative estimate of drug-likeness (QED) is 0.675. The predicted octanol–water partition coefficient (Wildman–Crippen LogP) is 2.38. The number of aromatic nitrogens is 3. The summed E-state index contributed by atoms with van der Waals surface area (Å²) in [6, 6.07) is 7.89. The lowest BCUT2D eigenvalue weighted by molar-refractivity contribution is 0.0948. The molecule has 1 atom stereocenters. The van der Waals surface area contributed by atoms with Crippen LogP contribution in [0.4, 0.5) is 10.8 Å². The van der Waals surface area contributed by atoms with Crippen molar-refractivity contribution in [1.29, 1.82) is 0 Å². The molecule has 1 aliphatic heterocycles. The van der Waals surface area contributed by atoms with Gasteiger partial charge in [-0.25, -0.2) is 4.98 Å². The van der Waals surface area contributed by atoms with Gasteiger partial charge in [-0.15, -0.1) is 5.10 Å². The first-order chi connectivity index (χ1) is 14.4. The van der Waals surface area contributed by atoms with Crippen molar-refractivity contribution >= 4 is 33.0 Å². The van der Waals surface area contributed by atoms with E-state index in [1.54, 1.807) is 0 Å². The van der Waals surface area contributed by atoms with Crippen LogP contribution in [0.3, 0.4) is 0 Å². The predicted molar refractivity (Wildman–Crippen MR) is 120 cm³/mol. The number of rotatable bonds is 5. The molecule has 1 aromatic carbocycles. The highest BCUT2D eigenvalue weighted by molar-refractivity contribution is 7.20. The van der Waals surface area contributed by atoms with Gasteiger partial charge in [0, 0.05) is 45.6 Å². The van der Waals surface area contributed by atoms with Gasteiger partial charge in [-0.2, -0.15) is 4.52 Å². The zero-order chi connectivity index (χ0) is 21.3. The van der Waals surface area contributed by atoms with Gasteiger partial charge < -0.3 is 15.1 Å².